The van der Waals surface area contributed by atoms with E-state index >= 15 is 0 Å². The van der Waals surface area contributed by atoms with E-state index in [-0.39, 0.29) is 19.0 Å². The third-order valence-corrected chi connectivity index (χ3v) is 4.06. The molecule has 0 aromatic heterocycles. The Balaban J connectivity index is 1.76. The molecule has 0 atom stereocenters. The lowest BCUT2D eigenvalue weighted by Gasteiger charge is -2.09. The first-order valence-electron chi connectivity index (χ1n) is 6.23. The van der Waals surface area contributed by atoms with Gasteiger partial charge in [-0.1, -0.05) is 17.3 Å². The highest BCUT2D eigenvalue weighted by atomic mass is 79.9. The van der Waals surface area contributed by atoms with E-state index in [9.17, 15) is 4.39 Å². The predicted molar refractivity (Wildman–Crippen MR) is 78.7 cm³/mol. The van der Waals surface area contributed by atoms with E-state index in [1.165, 1.54) is 6.07 Å². The van der Waals surface area contributed by atoms with Gasteiger partial charge in [0.15, 0.2) is 0 Å². The fraction of sp³-hybridized carbons (Fsp3) is 0.133. The Bertz CT molecular complexity index is 718. The summed E-state index contributed by atoms with van der Waals surface area (Å²) in [6, 6.07) is 10.1. The van der Waals surface area contributed by atoms with Gasteiger partial charge >= 0.3 is 0 Å². The number of oxime groups is 1. The Hall–Kier alpha value is -2.08. The first-order chi connectivity index (χ1) is 10.2. The molecule has 21 heavy (non-hydrogen) atoms. The van der Waals surface area contributed by atoms with Crippen LogP contribution in [0.1, 0.15) is 11.1 Å². The number of ether oxygens (including phenoxy) is 2. The average Bonchev–Trinajstić information content (AvgIpc) is 2.91. The fourth-order valence-corrected chi connectivity index (χ4v) is 2.46. The summed E-state index contributed by atoms with van der Waals surface area (Å²) >= 11 is 3.20. The molecule has 1 N–H and O–H groups in total. The number of halogens is 2. The molecule has 1 heterocycles. The minimum atomic E-state index is -0.322. The second-order valence-corrected chi connectivity index (χ2v) is 5.29. The van der Waals surface area contributed by atoms with E-state index in [2.05, 4.69) is 21.1 Å². The van der Waals surface area contributed by atoms with Gasteiger partial charge in [-0.3, -0.25) is 0 Å². The van der Waals surface area contributed by atoms with Gasteiger partial charge in [-0.05, 0) is 34.1 Å². The first-order valence-corrected chi connectivity index (χ1v) is 7.02. The SMILES string of the molecule is O/N=C1/COc2cc(OCc3cccc(F)c3Br)ccc21. The summed E-state index contributed by atoms with van der Waals surface area (Å²) in [6.07, 6.45) is 0. The molecule has 108 valence electrons. The van der Waals surface area contributed by atoms with Crippen LogP contribution in [0.3, 0.4) is 0 Å². The topological polar surface area (TPSA) is 51.1 Å². The number of benzene rings is 2. The van der Waals surface area contributed by atoms with Crippen molar-refractivity contribution in [3.63, 3.8) is 0 Å². The van der Waals surface area contributed by atoms with Crippen LogP contribution in [0.4, 0.5) is 4.39 Å². The number of fused-ring (bicyclic) bond motifs is 1. The van der Waals surface area contributed by atoms with Crippen molar-refractivity contribution >= 4 is 21.6 Å². The third kappa shape index (κ3) is 2.71. The van der Waals surface area contributed by atoms with E-state index in [4.69, 9.17) is 14.7 Å². The molecule has 4 nitrogen and oxygen atoms in total. The highest BCUT2D eigenvalue weighted by Crippen LogP contribution is 2.30. The van der Waals surface area contributed by atoms with Crippen molar-refractivity contribution in [3.05, 3.63) is 57.8 Å². The fourth-order valence-electron chi connectivity index (χ4n) is 2.08. The second-order valence-electron chi connectivity index (χ2n) is 4.49. The van der Waals surface area contributed by atoms with E-state index in [0.717, 1.165) is 5.56 Å². The van der Waals surface area contributed by atoms with Gasteiger partial charge in [0.2, 0.25) is 0 Å². The minimum Gasteiger partial charge on any atom is -0.489 e. The molecule has 2 aromatic rings. The lowest BCUT2D eigenvalue weighted by molar-refractivity contribution is 0.301. The second kappa shape index (κ2) is 5.73. The van der Waals surface area contributed by atoms with Crippen molar-refractivity contribution in [1.82, 2.24) is 0 Å². The van der Waals surface area contributed by atoms with Gasteiger partial charge in [0, 0.05) is 17.2 Å². The molecule has 0 saturated heterocycles. The summed E-state index contributed by atoms with van der Waals surface area (Å²) in [5.74, 6) is 0.889. The quantitative estimate of drug-likeness (QED) is 0.676. The zero-order valence-corrected chi connectivity index (χ0v) is 12.4. The predicted octanol–water partition coefficient (Wildman–Crippen LogP) is 3.74. The van der Waals surface area contributed by atoms with Crippen LogP contribution in [-0.2, 0) is 6.61 Å². The lowest BCUT2D eigenvalue weighted by atomic mass is 10.1. The monoisotopic (exact) mass is 351 g/mol. The average molecular weight is 352 g/mol. The molecule has 0 fully saturated rings. The van der Waals surface area contributed by atoms with Crippen LogP contribution < -0.4 is 9.47 Å². The zero-order valence-electron chi connectivity index (χ0n) is 10.8. The summed E-state index contributed by atoms with van der Waals surface area (Å²) in [5.41, 5.74) is 1.95. The van der Waals surface area contributed by atoms with Crippen molar-refractivity contribution in [1.29, 1.82) is 0 Å². The third-order valence-electron chi connectivity index (χ3n) is 3.17. The number of rotatable bonds is 3. The van der Waals surface area contributed by atoms with Crippen LogP contribution in [0.5, 0.6) is 11.5 Å². The highest BCUT2D eigenvalue weighted by Gasteiger charge is 2.20. The van der Waals surface area contributed by atoms with Crippen LogP contribution in [0.25, 0.3) is 0 Å². The maximum atomic E-state index is 13.4. The van der Waals surface area contributed by atoms with Crippen molar-refractivity contribution in [2.24, 2.45) is 5.16 Å². The van der Waals surface area contributed by atoms with Crippen molar-refractivity contribution in [3.8, 4) is 11.5 Å². The summed E-state index contributed by atoms with van der Waals surface area (Å²) in [4.78, 5) is 0. The number of nitrogens with zero attached hydrogens (tertiary/aromatic N) is 1. The zero-order chi connectivity index (χ0) is 14.8. The molecule has 1 aliphatic rings. The van der Waals surface area contributed by atoms with Crippen molar-refractivity contribution in [2.45, 2.75) is 6.61 Å². The van der Waals surface area contributed by atoms with Crippen LogP contribution in [0.15, 0.2) is 46.0 Å². The van der Waals surface area contributed by atoms with Crippen LogP contribution in [0, 0.1) is 5.82 Å². The molecule has 0 bridgehead atoms. The number of hydrogen-bond acceptors (Lipinski definition) is 4. The Morgan fingerprint density at radius 2 is 2.19 bits per heavy atom. The van der Waals surface area contributed by atoms with Gasteiger partial charge in [-0.15, -0.1) is 0 Å². The molecular weight excluding hydrogens is 341 g/mol. The maximum absolute atomic E-state index is 13.4. The summed E-state index contributed by atoms with van der Waals surface area (Å²) in [6.45, 7) is 0.475. The molecule has 0 saturated carbocycles. The molecule has 0 amide bonds. The van der Waals surface area contributed by atoms with Gasteiger partial charge in [-0.2, -0.15) is 0 Å². The Morgan fingerprint density at radius 3 is 3.00 bits per heavy atom. The summed E-state index contributed by atoms with van der Waals surface area (Å²) < 4.78 is 24.8. The molecule has 0 unspecified atom stereocenters. The summed E-state index contributed by atoms with van der Waals surface area (Å²) in [5, 5.41) is 12.0. The first kappa shape index (κ1) is 13.9. The standard InChI is InChI=1S/C15H11BrFNO3/c16-15-9(2-1-3-12(15)17)7-20-10-4-5-11-13(18-19)8-21-14(11)6-10/h1-6,19H,7-8H2/b18-13-. The van der Waals surface area contributed by atoms with Gasteiger partial charge in [0.25, 0.3) is 0 Å². The van der Waals surface area contributed by atoms with Gasteiger partial charge in [0.05, 0.1) is 4.47 Å². The van der Waals surface area contributed by atoms with Crippen LogP contribution in [-0.4, -0.2) is 17.5 Å². The molecule has 3 rings (SSSR count). The largest absolute Gasteiger partial charge is 0.489 e. The Morgan fingerprint density at radius 1 is 1.33 bits per heavy atom. The van der Waals surface area contributed by atoms with E-state index in [0.29, 0.717) is 27.2 Å². The van der Waals surface area contributed by atoms with E-state index in [1.54, 1.807) is 30.3 Å². The van der Waals surface area contributed by atoms with Crippen molar-refractivity contribution < 1.29 is 19.1 Å². The normalized spacial score (nSPS) is 14.9. The van der Waals surface area contributed by atoms with Gasteiger partial charge < -0.3 is 14.7 Å². The van der Waals surface area contributed by atoms with Crippen LogP contribution in [0.2, 0.25) is 0 Å². The van der Waals surface area contributed by atoms with Gasteiger partial charge in [-0.25, -0.2) is 4.39 Å². The molecule has 0 spiro atoms. The molecule has 0 radical (unpaired) electrons. The van der Waals surface area contributed by atoms with Gasteiger partial charge in [0.1, 0.15) is 36.2 Å². The molecule has 2 aromatic carbocycles. The van der Waals surface area contributed by atoms with E-state index in [1.807, 2.05) is 0 Å². The number of hydrogen-bond donors (Lipinski definition) is 1. The maximum Gasteiger partial charge on any atom is 0.137 e. The molecular formula is C15H11BrFNO3. The highest BCUT2D eigenvalue weighted by molar-refractivity contribution is 9.10. The van der Waals surface area contributed by atoms with E-state index < -0.39 is 0 Å². The molecule has 0 aliphatic carbocycles. The molecule has 6 heteroatoms. The summed E-state index contributed by atoms with van der Waals surface area (Å²) in [7, 11) is 0. The lowest BCUT2D eigenvalue weighted by Crippen LogP contribution is -2.01. The molecule has 1 aliphatic heterocycles. The Kier molecular flexibility index (Phi) is 3.79. The van der Waals surface area contributed by atoms with Crippen molar-refractivity contribution in [2.75, 3.05) is 6.61 Å². The Labute approximate surface area is 128 Å². The smallest absolute Gasteiger partial charge is 0.137 e. The minimum absolute atomic E-state index is 0.234. The van der Waals surface area contributed by atoms with Crippen LogP contribution >= 0.6 is 15.9 Å².